The zero-order chi connectivity index (χ0) is 13.5. The number of aliphatic hydroxyl groups is 1. The Hall–Kier alpha value is -2.21. The number of esters is 1. The van der Waals surface area contributed by atoms with E-state index in [0.717, 1.165) is 0 Å². The van der Waals surface area contributed by atoms with Gasteiger partial charge in [-0.05, 0) is 30.5 Å². The Bertz CT molecular complexity index is 449. The molecule has 18 heavy (non-hydrogen) atoms. The minimum Gasteiger partial charge on any atom is -0.463 e. The normalized spacial score (nSPS) is 26.3. The highest BCUT2D eigenvalue weighted by atomic mass is 16.5. The molecular formula is C9H12N6O3. The number of ether oxygens (including phenoxy) is 1. The summed E-state index contributed by atoms with van der Waals surface area (Å²) in [4.78, 5) is 16.7. The summed E-state index contributed by atoms with van der Waals surface area (Å²) in [5.74, 6) is -0.575. The van der Waals surface area contributed by atoms with Crippen molar-refractivity contribution in [3.05, 3.63) is 32.5 Å². The van der Waals surface area contributed by atoms with Crippen LogP contribution in [0.3, 0.4) is 0 Å². The van der Waals surface area contributed by atoms with Gasteiger partial charge < -0.3 is 9.84 Å². The maximum Gasteiger partial charge on any atom is 0.333 e. The Morgan fingerprint density at radius 2 is 2.22 bits per heavy atom. The van der Waals surface area contributed by atoms with Crippen LogP contribution >= 0.6 is 0 Å². The van der Waals surface area contributed by atoms with E-state index in [2.05, 4.69) is 20.1 Å². The molecule has 0 aromatic heterocycles. The van der Waals surface area contributed by atoms with E-state index in [-0.39, 0.29) is 18.6 Å². The lowest BCUT2D eigenvalue weighted by molar-refractivity contribution is -0.139. The zero-order valence-corrected chi connectivity index (χ0v) is 9.67. The van der Waals surface area contributed by atoms with E-state index in [1.807, 2.05) is 0 Å². The van der Waals surface area contributed by atoms with Gasteiger partial charge in [0.25, 0.3) is 0 Å². The van der Waals surface area contributed by atoms with Crippen LogP contribution in [-0.2, 0) is 9.53 Å². The lowest BCUT2D eigenvalue weighted by Gasteiger charge is -2.27. The van der Waals surface area contributed by atoms with Crippen LogP contribution in [0.25, 0.3) is 20.9 Å². The third kappa shape index (κ3) is 3.14. The molecule has 1 aliphatic rings. The van der Waals surface area contributed by atoms with Crippen LogP contribution in [0, 0.1) is 0 Å². The van der Waals surface area contributed by atoms with Gasteiger partial charge in [-0.1, -0.05) is 10.2 Å². The van der Waals surface area contributed by atoms with Gasteiger partial charge in [-0.3, -0.25) is 0 Å². The van der Waals surface area contributed by atoms with Gasteiger partial charge >= 0.3 is 5.97 Å². The second-order valence-corrected chi connectivity index (χ2v) is 3.57. The number of rotatable bonds is 4. The molecule has 0 aliphatic heterocycles. The maximum atomic E-state index is 11.5. The molecule has 3 atom stereocenters. The lowest BCUT2D eigenvalue weighted by Crippen LogP contribution is -2.38. The highest BCUT2D eigenvalue weighted by Gasteiger charge is 2.33. The largest absolute Gasteiger partial charge is 0.463 e. The molecule has 0 unspecified atom stereocenters. The maximum absolute atomic E-state index is 11.5. The van der Waals surface area contributed by atoms with E-state index in [4.69, 9.17) is 15.8 Å². The minimum absolute atomic E-state index is 0.0731. The van der Waals surface area contributed by atoms with Crippen molar-refractivity contribution in [3.8, 4) is 0 Å². The molecule has 0 amide bonds. The SMILES string of the molecule is CCOC(=O)C1=C[C@@H](O)[C@H](N=[N+]=[N-])[C@@H](N=[N+]=[N-])C1. The smallest absolute Gasteiger partial charge is 0.333 e. The molecule has 1 aliphatic carbocycles. The molecule has 0 spiro atoms. The summed E-state index contributed by atoms with van der Waals surface area (Å²) in [6.07, 6.45) is 0.161. The number of hydrogen-bond acceptors (Lipinski definition) is 5. The van der Waals surface area contributed by atoms with E-state index in [1.54, 1.807) is 6.92 Å². The number of hydrogen-bond donors (Lipinski definition) is 1. The Kier molecular flexibility index (Phi) is 5.01. The minimum atomic E-state index is -1.18. The topological polar surface area (TPSA) is 144 Å². The number of azide groups is 2. The number of aliphatic hydroxyl groups excluding tert-OH is 1. The first-order valence-electron chi connectivity index (χ1n) is 5.28. The van der Waals surface area contributed by atoms with Crippen LogP contribution in [0.2, 0.25) is 0 Å². The molecule has 96 valence electrons. The van der Waals surface area contributed by atoms with Gasteiger partial charge in [0.2, 0.25) is 0 Å². The summed E-state index contributed by atoms with van der Waals surface area (Å²) in [6, 6.07) is -1.71. The molecule has 9 heteroatoms. The van der Waals surface area contributed by atoms with Crippen molar-refractivity contribution in [2.75, 3.05) is 6.61 Å². The molecule has 1 rings (SSSR count). The summed E-state index contributed by atoms with van der Waals surface area (Å²) in [7, 11) is 0. The fourth-order valence-electron chi connectivity index (χ4n) is 1.70. The van der Waals surface area contributed by atoms with Crippen LogP contribution in [-0.4, -0.2) is 35.9 Å². The predicted octanol–water partition coefficient (Wildman–Crippen LogP) is 1.60. The first kappa shape index (κ1) is 13.9. The van der Waals surface area contributed by atoms with Crippen LogP contribution in [0.4, 0.5) is 0 Å². The fraction of sp³-hybridized carbons (Fsp3) is 0.667. The van der Waals surface area contributed by atoms with Gasteiger partial charge in [0.1, 0.15) is 0 Å². The fourth-order valence-corrected chi connectivity index (χ4v) is 1.70. The highest BCUT2D eigenvalue weighted by molar-refractivity contribution is 5.89. The molecule has 0 bridgehead atoms. The van der Waals surface area contributed by atoms with Gasteiger partial charge in [-0.15, -0.1) is 0 Å². The average Bonchev–Trinajstić information content (AvgIpc) is 2.33. The Morgan fingerprint density at radius 3 is 2.78 bits per heavy atom. The van der Waals surface area contributed by atoms with E-state index in [9.17, 15) is 9.90 Å². The number of carbonyl (C=O) groups is 1. The van der Waals surface area contributed by atoms with Crippen molar-refractivity contribution in [2.24, 2.45) is 10.2 Å². The number of carbonyl (C=O) groups excluding carboxylic acids is 1. The molecule has 0 fully saturated rings. The van der Waals surface area contributed by atoms with E-state index in [0.29, 0.717) is 0 Å². The van der Waals surface area contributed by atoms with Crippen LogP contribution < -0.4 is 0 Å². The molecular weight excluding hydrogens is 240 g/mol. The average molecular weight is 252 g/mol. The van der Waals surface area contributed by atoms with Gasteiger partial charge in [-0.25, -0.2) is 4.79 Å². The third-order valence-electron chi connectivity index (χ3n) is 2.47. The van der Waals surface area contributed by atoms with Crippen molar-refractivity contribution < 1.29 is 14.6 Å². The van der Waals surface area contributed by atoms with Gasteiger partial charge in [0.15, 0.2) is 0 Å². The van der Waals surface area contributed by atoms with Crippen molar-refractivity contribution >= 4 is 5.97 Å². The molecule has 0 saturated heterocycles. The van der Waals surface area contributed by atoms with E-state index >= 15 is 0 Å². The van der Waals surface area contributed by atoms with Crippen molar-refractivity contribution in [1.29, 1.82) is 0 Å². The standard InChI is InChI=1S/C9H12N6O3/c1-2-18-9(17)5-3-6(12-14-10)8(13-15-11)7(16)4-5/h4,6-8,16H,2-3H2,1H3/t6-,7+,8+/m0/s1. The Balaban J connectivity index is 3.00. The molecule has 0 heterocycles. The lowest BCUT2D eigenvalue weighted by atomic mass is 9.89. The molecule has 9 nitrogen and oxygen atoms in total. The van der Waals surface area contributed by atoms with Crippen molar-refractivity contribution in [2.45, 2.75) is 31.5 Å². The molecule has 0 aromatic rings. The van der Waals surface area contributed by atoms with Crippen molar-refractivity contribution in [1.82, 2.24) is 0 Å². The summed E-state index contributed by atoms with van der Waals surface area (Å²) in [6.45, 7) is 1.86. The van der Waals surface area contributed by atoms with Crippen LogP contribution in [0.15, 0.2) is 21.9 Å². The van der Waals surface area contributed by atoms with Gasteiger partial charge in [0.05, 0.1) is 24.8 Å². The summed E-state index contributed by atoms with van der Waals surface area (Å²) < 4.78 is 4.79. The zero-order valence-electron chi connectivity index (χ0n) is 9.67. The second-order valence-electron chi connectivity index (χ2n) is 3.57. The molecule has 0 radical (unpaired) electrons. The van der Waals surface area contributed by atoms with Crippen LogP contribution in [0.5, 0.6) is 0 Å². The molecule has 0 saturated carbocycles. The van der Waals surface area contributed by atoms with Crippen molar-refractivity contribution in [3.63, 3.8) is 0 Å². The Morgan fingerprint density at radius 1 is 1.56 bits per heavy atom. The second kappa shape index (κ2) is 6.51. The summed E-state index contributed by atoms with van der Waals surface area (Å²) in [5, 5.41) is 16.6. The first-order chi connectivity index (χ1) is 8.63. The predicted molar refractivity (Wildman–Crippen MR) is 61.2 cm³/mol. The quantitative estimate of drug-likeness (QED) is 0.351. The van der Waals surface area contributed by atoms with Crippen LogP contribution in [0.1, 0.15) is 13.3 Å². The Labute approximate surface area is 102 Å². The monoisotopic (exact) mass is 252 g/mol. The summed E-state index contributed by atoms with van der Waals surface area (Å²) in [5.41, 5.74) is 17.0. The van der Waals surface area contributed by atoms with E-state index in [1.165, 1.54) is 6.08 Å². The molecule has 1 N–H and O–H groups in total. The molecule has 0 aromatic carbocycles. The first-order valence-corrected chi connectivity index (χ1v) is 5.28. The van der Waals surface area contributed by atoms with E-state index < -0.39 is 24.2 Å². The highest BCUT2D eigenvalue weighted by Crippen LogP contribution is 2.25. The number of nitrogens with zero attached hydrogens (tertiary/aromatic N) is 6. The van der Waals surface area contributed by atoms with Gasteiger partial charge in [0, 0.05) is 15.4 Å². The third-order valence-corrected chi connectivity index (χ3v) is 2.47. The summed E-state index contributed by atoms with van der Waals surface area (Å²) >= 11 is 0. The van der Waals surface area contributed by atoms with Gasteiger partial charge in [-0.2, -0.15) is 0 Å².